The number of hydrogen-bond donors (Lipinski definition) is 1. The summed E-state index contributed by atoms with van der Waals surface area (Å²) < 4.78 is 38.1. The summed E-state index contributed by atoms with van der Waals surface area (Å²) in [6.07, 6.45) is -0.00301. The Bertz CT molecular complexity index is 433. The summed E-state index contributed by atoms with van der Waals surface area (Å²) in [4.78, 5) is 0. The van der Waals surface area contributed by atoms with Crippen molar-refractivity contribution < 1.29 is 18.3 Å². The van der Waals surface area contributed by atoms with Crippen molar-refractivity contribution in [1.82, 2.24) is 0 Å². The Labute approximate surface area is 111 Å². The topological polar surface area (TPSA) is 20.2 Å². The number of benzene rings is 1. The van der Waals surface area contributed by atoms with Crippen LogP contribution in [0.3, 0.4) is 0 Å². The molecule has 0 aromatic heterocycles. The van der Waals surface area contributed by atoms with Crippen molar-refractivity contribution in [3.05, 3.63) is 35.4 Å². The van der Waals surface area contributed by atoms with Gasteiger partial charge in [-0.05, 0) is 24.5 Å². The van der Waals surface area contributed by atoms with Crippen LogP contribution in [0.1, 0.15) is 56.1 Å². The summed E-state index contributed by atoms with van der Waals surface area (Å²) in [6, 6.07) is 5.33. The van der Waals surface area contributed by atoms with Crippen molar-refractivity contribution in [2.24, 2.45) is 0 Å². The van der Waals surface area contributed by atoms with Crippen LogP contribution in [0.2, 0.25) is 0 Å². The van der Waals surface area contributed by atoms with Crippen LogP contribution in [0.4, 0.5) is 13.2 Å². The Morgan fingerprint density at radius 3 is 2.37 bits per heavy atom. The maximum Gasteiger partial charge on any atom is 0.416 e. The molecule has 0 bridgehead atoms. The Morgan fingerprint density at radius 2 is 1.79 bits per heavy atom. The predicted molar refractivity (Wildman–Crippen MR) is 67.9 cm³/mol. The molecular weight excluding hydrogens is 253 g/mol. The van der Waals surface area contributed by atoms with E-state index in [-0.39, 0.29) is 5.92 Å². The maximum atomic E-state index is 12.7. The summed E-state index contributed by atoms with van der Waals surface area (Å²) in [5, 5.41) is 10.6. The number of aliphatic hydroxyl groups is 1. The molecule has 4 heteroatoms. The second kappa shape index (κ2) is 5.16. The summed E-state index contributed by atoms with van der Waals surface area (Å²) in [7, 11) is 0. The lowest BCUT2D eigenvalue weighted by Gasteiger charge is -2.38. The lowest BCUT2D eigenvalue weighted by Crippen LogP contribution is -2.37. The molecule has 1 N–H and O–H groups in total. The van der Waals surface area contributed by atoms with Gasteiger partial charge in [0.25, 0.3) is 0 Å². The molecular formula is C15H19F3O. The molecule has 0 aliphatic heterocycles. The molecule has 1 unspecified atom stereocenters. The fourth-order valence-corrected chi connectivity index (χ4v) is 2.89. The van der Waals surface area contributed by atoms with Crippen LogP contribution < -0.4 is 0 Å². The zero-order valence-corrected chi connectivity index (χ0v) is 11.0. The van der Waals surface area contributed by atoms with Crippen molar-refractivity contribution in [1.29, 1.82) is 0 Å². The Hall–Kier alpha value is -1.03. The molecule has 19 heavy (non-hydrogen) atoms. The molecule has 1 aromatic rings. The average Bonchev–Trinajstić information content (AvgIpc) is 2.38. The number of alkyl halides is 3. The summed E-state index contributed by atoms with van der Waals surface area (Å²) >= 11 is 0. The lowest BCUT2D eigenvalue weighted by molar-refractivity contribution is -0.137. The van der Waals surface area contributed by atoms with Gasteiger partial charge in [-0.3, -0.25) is 0 Å². The minimum Gasteiger partial charge on any atom is -0.389 e. The smallest absolute Gasteiger partial charge is 0.389 e. The minimum atomic E-state index is -4.33. The molecule has 0 heterocycles. The molecule has 1 atom stereocenters. The van der Waals surface area contributed by atoms with E-state index in [9.17, 15) is 18.3 Å². The number of halogens is 3. The highest BCUT2D eigenvalue weighted by Crippen LogP contribution is 2.40. The van der Waals surface area contributed by atoms with Crippen LogP contribution in [-0.2, 0) is 6.18 Å². The predicted octanol–water partition coefficient (Wildman–Crippen LogP) is 4.50. The average molecular weight is 272 g/mol. The van der Waals surface area contributed by atoms with E-state index in [1.165, 1.54) is 6.07 Å². The van der Waals surface area contributed by atoms with E-state index in [1.54, 1.807) is 6.07 Å². The van der Waals surface area contributed by atoms with Gasteiger partial charge >= 0.3 is 6.18 Å². The van der Waals surface area contributed by atoms with Crippen LogP contribution >= 0.6 is 0 Å². The van der Waals surface area contributed by atoms with Gasteiger partial charge in [-0.15, -0.1) is 0 Å². The van der Waals surface area contributed by atoms with Gasteiger partial charge in [-0.25, -0.2) is 0 Å². The SMILES string of the molecule is CC(c1cccc(C(F)(F)F)c1)C1(O)CCCCC1. The fraction of sp³-hybridized carbons (Fsp3) is 0.600. The number of hydrogen-bond acceptors (Lipinski definition) is 1. The molecule has 1 aliphatic rings. The molecule has 0 spiro atoms. The molecule has 1 fully saturated rings. The van der Waals surface area contributed by atoms with Gasteiger partial charge in [0.05, 0.1) is 11.2 Å². The molecule has 0 radical (unpaired) electrons. The zero-order chi connectivity index (χ0) is 14.1. The van der Waals surface area contributed by atoms with Crippen molar-refractivity contribution >= 4 is 0 Å². The molecule has 1 saturated carbocycles. The quantitative estimate of drug-likeness (QED) is 0.840. The Balaban J connectivity index is 2.26. The lowest BCUT2D eigenvalue weighted by atomic mass is 9.73. The van der Waals surface area contributed by atoms with Gasteiger partial charge in [0.2, 0.25) is 0 Å². The van der Waals surface area contributed by atoms with Crippen molar-refractivity contribution in [2.75, 3.05) is 0 Å². The molecule has 0 amide bonds. The Morgan fingerprint density at radius 1 is 1.16 bits per heavy atom. The van der Waals surface area contributed by atoms with Gasteiger partial charge in [-0.2, -0.15) is 13.2 Å². The molecule has 0 saturated heterocycles. The first-order valence-electron chi connectivity index (χ1n) is 6.72. The van der Waals surface area contributed by atoms with E-state index in [0.29, 0.717) is 18.4 Å². The van der Waals surface area contributed by atoms with Gasteiger partial charge in [0, 0.05) is 5.92 Å². The summed E-state index contributed by atoms with van der Waals surface area (Å²) in [5.41, 5.74) is -0.932. The highest BCUT2D eigenvalue weighted by Gasteiger charge is 2.37. The zero-order valence-electron chi connectivity index (χ0n) is 11.0. The largest absolute Gasteiger partial charge is 0.416 e. The van der Waals surface area contributed by atoms with E-state index >= 15 is 0 Å². The van der Waals surface area contributed by atoms with Gasteiger partial charge in [-0.1, -0.05) is 44.4 Å². The molecule has 106 valence electrons. The standard InChI is InChI=1S/C15H19F3O/c1-11(14(19)8-3-2-4-9-14)12-6-5-7-13(10-12)15(16,17)18/h5-7,10-11,19H,2-4,8-9H2,1H3. The second-order valence-electron chi connectivity index (χ2n) is 5.51. The maximum absolute atomic E-state index is 12.7. The summed E-state index contributed by atoms with van der Waals surface area (Å²) in [5.74, 6) is -0.268. The molecule has 2 rings (SSSR count). The van der Waals surface area contributed by atoms with Crippen LogP contribution in [0.15, 0.2) is 24.3 Å². The van der Waals surface area contributed by atoms with E-state index < -0.39 is 17.3 Å². The second-order valence-corrected chi connectivity index (χ2v) is 5.51. The molecule has 1 aromatic carbocycles. The van der Waals surface area contributed by atoms with Crippen LogP contribution in [0, 0.1) is 0 Å². The monoisotopic (exact) mass is 272 g/mol. The first kappa shape index (κ1) is 14.4. The number of rotatable bonds is 2. The molecule has 1 nitrogen and oxygen atoms in total. The normalized spacial score (nSPS) is 21.1. The van der Waals surface area contributed by atoms with Crippen molar-refractivity contribution in [2.45, 2.75) is 56.7 Å². The van der Waals surface area contributed by atoms with Gasteiger partial charge < -0.3 is 5.11 Å². The highest BCUT2D eigenvalue weighted by molar-refractivity contribution is 5.29. The van der Waals surface area contributed by atoms with Crippen molar-refractivity contribution in [3.63, 3.8) is 0 Å². The van der Waals surface area contributed by atoms with E-state index in [0.717, 1.165) is 31.4 Å². The third-order valence-electron chi connectivity index (χ3n) is 4.24. The van der Waals surface area contributed by atoms with Gasteiger partial charge in [0.1, 0.15) is 0 Å². The highest BCUT2D eigenvalue weighted by atomic mass is 19.4. The third kappa shape index (κ3) is 3.11. The van der Waals surface area contributed by atoms with E-state index in [4.69, 9.17) is 0 Å². The van der Waals surface area contributed by atoms with Crippen LogP contribution in [0.5, 0.6) is 0 Å². The fourth-order valence-electron chi connectivity index (χ4n) is 2.89. The van der Waals surface area contributed by atoms with E-state index in [2.05, 4.69) is 0 Å². The first-order chi connectivity index (χ1) is 8.83. The minimum absolute atomic E-state index is 0.268. The Kier molecular flexibility index (Phi) is 3.90. The van der Waals surface area contributed by atoms with Gasteiger partial charge in [0.15, 0.2) is 0 Å². The molecule has 1 aliphatic carbocycles. The van der Waals surface area contributed by atoms with Crippen LogP contribution in [-0.4, -0.2) is 10.7 Å². The first-order valence-corrected chi connectivity index (χ1v) is 6.72. The van der Waals surface area contributed by atoms with Crippen LogP contribution in [0.25, 0.3) is 0 Å². The third-order valence-corrected chi connectivity index (χ3v) is 4.24. The van der Waals surface area contributed by atoms with E-state index in [1.807, 2.05) is 6.92 Å². The summed E-state index contributed by atoms with van der Waals surface area (Å²) in [6.45, 7) is 1.82. The van der Waals surface area contributed by atoms with Crippen molar-refractivity contribution in [3.8, 4) is 0 Å².